The van der Waals surface area contributed by atoms with Gasteiger partial charge in [-0.25, -0.2) is 18.4 Å². The van der Waals surface area contributed by atoms with E-state index < -0.39 is 17.9 Å². The van der Waals surface area contributed by atoms with E-state index in [1.54, 1.807) is 19.1 Å². The third-order valence-corrected chi connectivity index (χ3v) is 9.60. The molecule has 0 aliphatic heterocycles. The van der Waals surface area contributed by atoms with Crippen LogP contribution in [0.1, 0.15) is 26.5 Å². The van der Waals surface area contributed by atoms with E-state index in [0.29, 0.717) is 36.2 Å². The van der Waals surface area contributed by atoms with Crippen molar-refractivity contribution >= 4 is 63.1 Å². The Morgan fingerprint density at radius 3 is 2.51 bits per heavy atom. The lowest BCUT2D eigenvalue weighted by molar-refractivity contribution is 0.0925. The first-order chi connectivity index (χ1) is 18.3. The van der Waals surface area contributed by atoms with Crippen LogP contribution in [-0.2, 0) is 21.3 Å². The molecule has 4 rings (SSSR count). The smallest absolute Gasteiger partial charge is 0.195 e. The van der Waals surface area contributed by atoms with E-state index >= 15 is 0 Å². The summed E-state index contributed by atoms with van der Waals surface area (Å²) in [5.74, 6) is 0.631. The predicted octanol–water partition coefficient (Wildman–Crippen LogP) is 6.58. The molecule has 0 spiro atoms. The van der Waals surface area contributed by atoms with E-state index in [1.165, 1.54) is 6.07 Å². The number of halogens is 1. The zero-order valence-corrected chi connectivity index (χ0v) is 26.1. The van der Waals surface area contributed by atoms with Gasteiger partial charge in [0.15, 0.2) is 14.9 Å². The molecule has 4 aromatic rings. The summed E-state index contributed by atoms with van der Waals surface area (Å²) in [6.45, 7) is 15.2. The van der Waals surface area contributed by atoms with Crippen LogP contribution in [0.15, 0.2) is 35.4 Å². The zero-order chi connectivity index (χ0) is 28.5. The van der Waals surface area contributed by atoms with E-state index in [9.17, 15) is 8.42 Å². The van der Waals surface area contributed by atoms with E-state index in [4.69, 9.17) is 26.1 Å². The largest absolute Gasteiger partial charge is 0.491 e. The van der Waals surface area contributed by atoms with E-state index in [0.717, 1.165) is 28.2 Å². The second kappa shape index (κ2) is 11.4. The van der Waals surface area contributed by atoms with Gasteiger partial charge < -0.3 is 14.8 Å². The number of aromatic nitrogens is 4. The summed E-state index contributed by atoms with van der Waals surface area (Å²) in [6, 6.07) is 9.81. The van der Waals surface area contributed by atoms with Crippen LogP contribution in [0.3, 0.4) is 0 Å². The van der Waals surface area contributed by atoms with E-state index in [2.05, 4.69) is 34.9 Å². The lowest BCUT2D eigenvalue weighted by atomic mass is 10.2. The van der Waals surface area contributed by atoms with Crippen molar-refractivity contribution in [3.05, 3.63) is 41.2 Å². The molecular formula is C27H36ClN5O4SSi. The van der Waals surface area contributed by atoms with Gasteiger partial charge in [0.25, 0.3) is 0 Å². The standard InChI is InChI=1S/C27H36ClN5O4SSi/c1-8-38(34,35)24-14-19(37-17(2)3)13-23(32-24)30-20-15-22(28)31-27-25(20)26-21(10-9-18(4)29-26)33(27)16-36-11-12-39(5,6)7/h9-10,13-15,17H,8,11-12,16H2,1-7H3,(H,30,31,32). The summed E-state index contributed by atoms with van der Waals surface area (Å²) in [6.07, 6.45) is -0.148. The van der Waals surface area contributed by atoms with Gasteiger partial charge in [-0.1, -0.05) is 38.2 Å². The molecule has 0 radical (unpaired) electrons. The highest BCUT2D eigenvalue weighted by Crippen LogP contribution is 2.36. The van der Waals surface area contributed by atoms with Crippen LogP contribution in [0.4, 0.5) is 11.5 Å². The molecule has 4 heterocycles. The normalized spacial score (nSPS) is 12.5. The fourth-order valence-corrected chi connectivity index (χ4v) is 5.86. The second-order valence-electron chi connectivity index (χ2n) is 11.0. The van der Waals surface area contributed by atoms with Gasteiger partial charge in [-0.3, -0.25) is 9.55 Å². The number of pyridine rings is 3. The summed E-state index contributed by atoms with van der Waals surface area (Å²) < 4.78 is 39.3. The summed E-state index contributed by atoms with van der Waals surface area (Å²) in [5, 5.41) is 4.23. The molecular weight excluding hydrogens is 554 g/mol. The molecule has 0 saturated heterocycles. The Hall–Kier alpha value is -2.73. The molecule has 0 atom stereocenters. The highest BCUT2D eigenvalue weighted by Gasteiger charge is 2.21. The topological polar surface area (TPSA) is 108 Å². The number of aryl methyl sites for hydroxylation is 1. The molecule has 210 valence electrons. The van der Waals surface area contributed by atoms with Crippen molar-refractivity contribution in [3.63, 3.8) is 0 Å². The summed E-state index contributed by atoms with van der Waals surface area (Å²) in [7, 11) is -4.83. The van der Waals surface area contributed by atoms with Gasteiger partial charge in [0, 0.05) is 32.5 Å². The molecule has 0 amide bonds. The molecule has 12 heteroatoms. The average Bonchev–Trinajstić information content (AvgIpc) is 3.13. The van der Waals surface area contributed by atoms with Gasteiger partial charge in [-0.05, 0) is 45.0 Å². The summed E-state index contributed by atoms with van der Waals surface area (Å²) in [4.78, 5) is 13.9. The molecule has 1 N–H and O–H groups in total. The third kappa shape index (κ3) is 6.89. The van der Waals surface area contributed by atoms with Crippen LogP contribution >= 0.6 is 11.6 Å². The first kappa shape index (κ1) is 29.3. The number of hydrogen-bond donors (Lipinski definition) is 1. The lowest BCUT2D eigenvalue weighted by Crippen LogP contribution is -2.22. The minimum absolute atomic E-state index is 0.0609. The molecule has 9 nitrogen and oxygen atoms in total. The van der Waals surface area contributed by atoms with Gasteiger partial charge >= 0.3 is 0 Å². The molecule has 39 heavy (non-hydrogen) atoms. The fraction of sp³-hybridized carbons (Fsp3) is 0.444. The maximum Gasteiger partial charge on any atom is 0.195 e. The van der Waals surface area contributed by atoms with Gasteiger partial charge in [-0.15, -0.1) is 0 Å². The Morgan fingerprint density at radius 1 is 1.10 bits per heavy atom. The van der Waals surface area contributed by atoms with Crippen molar-refractivity contribution in [3.8, 4) is 5.75 Å². The lowest BCUT2D eigenvalue weighted by Gasteiger charge is -2.16. The molecule has 0 aliphatic carbocycles. The van der Waals surface area contributed by atoms with Gasteiger partial charge in [0.1, 0.15) is 34.6 Å². The fourth-order valence-electron chi connectivity index (χ4n) is 4.09. The molecule has 0 fully saturated rings. The minimum atomic E-state index is -3.58. The van der Waals surface area contributed by atoms with Crippen LogP contribution in [0.25, 0.3) is 22.1 Å². The second-order valence-corrected chi connectivity index (χ2v) is 19.2. The summed E-state index contributed by atoms with van der Waals surface area (Å²) >= 11 is 6.51. The first-order valence-corrected chi connectivity index (χ1v) is 18.7. The third-order valence-electron chi connectivity index (χ3n) is 6.09. The van der Waals surface area contributed by atoms with Crippen molar-refractivity contribution in [2.75, 3.05) is 17.7 Å². The van der Waals surface area contributed by atoms with Crippen molar-refractivity contribution < 1.29 is 17.9 Å². The Bertz CT molecular complexity index is 1620. The highest BCUT2D eigenvalue weighted by atomic mass is 35.5. The first-order valence-electron chi connectivity index (χ1n) is 13.0. The average molecular weight is 590 g/mol. The number of sulfone groups is 1. The highest BCUT2D eigenvalue weighted by molar-refractivity contribution is 7.91. The Balaban J connectivity index is 1.84. The molecule has 0 saturated carbocycles. The van der Waals surface area contributed by atoms with Crippen LogP contribution in [0.2, 0.25) is 30.8 Å². The minimum Gasteiger partial charge on any atom is -0.491 e. The number of nitrogens with zero attached hydrogens (tertiary/aromatic N) is 4. The van der Waals surface area contributed by atoms with Crippen LogP contribution in [0.5, 0.6) is 5.75 Å². The predicted molar refractivity (Wildman–Crippen MR) is 160 cm³/mol. The Labute approximate surface area is 235 Å². The SMILES string of the molecule is CCS(=O)(=O)c1cc(OC(C)C)cc(Nc2cc(Cl)nc3c2c2nc(C)ccc2n3COCC[Si](C)(C)C)n1. The molecule has 0 aromatic carbocycles. The maximum atomic E-state index is 12.7. The molecule has 4 aromatic heterocycles. The number of rotatable bonds is 11. The van der Waals surface area contributed by atoms with E-state index in [-0.39, 0.29) is 22.0 Å². The Kier molecular flexibility index (Phi) is 8.55. The summed E-state index contributed by atoms with van der Waals surface area (Å²) in [5.41, 5.74) is 3.66. The van der Waals surface area contributed by atoms with Crippen molar-refractivity contribution in [2.24, 2.45) is 0 Å². The number of anilines is 2. The number of hydrogen-bond acceptors (Lipinski definition) is 8. The van der Waals surface area contributed by atoms with Crippen molar-refractivity contribution in [1.82, 2.24) is 19.5 Å². The molecule has 0 bridgehead atoms. The van der Waals surface area contributed by atoms with Crippen LogP contribution in [0, 0.1) is 6.92 Å². The van der Waals surface area contributed by atoms with Crippen molar-refractivity contribution in [2.45, 2.75) is 71.2 Å². The quantitative estimate of drug-likeness (QED) is 0.119. The van der Waals surface area contributed by atoms with Crippen LogP contribution < -0.4 is 10.1 Å². The maximum absolute atomic E-state index is 12.7. The van der Waals surface area contributed by atoms with Gasteiger partial charge in [0.2, 0.25) is 0 Å². The zero-order valence-electron chi connectivity index (χ0n) is 23.5. The molecule has 0 aliphatic rings. The Morgan fingerprint density at radius 2 is 1.85 bits per heavy atom. The van der Waals surface area contributed by atoms with E-state index in [1.807, 2.05) is 37.5 Å². The monoisotopic (exact) mass is 589 g/mol. The van der Waals surface area contributed by atoms with Crippen molar-refractivity contribution in [1.29, 1.82) is 0 Å². The van der Waals surface area contributed by atoms with Gasteiger partial charge in [0.05, 0.1) is 28.4 Å². The number of ether oxygens (including phenoxy) is 2. The van der Waals surface area contributed by atoms with Gasteiger partial charge in [-0.2, -0.15) is 0 Å². The number of fused-ring (bicyclic) bond motifs is 3. The molecule has 0 unspecified atom stereocenters. The van der Waals surface area contributed by atoms with Crippen LogP contribution in [-0.4, -0.2) is 54.5 Å². The number of nitrogens with one attached hydrogen (secondary N) is 1.